The first kappa shape index (κ1) is 19.1. The summed E-state index contributed by atoms with van der Waals surface area (Å²) in [5.41, 5.74) is 0.885. The van der Waals surface area contributed by atoms with Gasteiger partial charge in [-0.2, -0.15) is 5.21 Å². The molecule has 0 fully saturated rings. The molecule has 0 aliphatic heterocycles. The molecule has 8 nitrogen and oxygen atoms in total. The van der Waals surface area contributed by atoms with Gasteiger partial charge in [0.15, 0.2) is 17.3 Å². The van der Waals surface area contributed by atoms with E-state index in [1.807, 2.05) is 13.0 Å². The number of anilines is 1. The Morgan fingerprint density at radius 2 is 2.10 bits per heavy atom. The molecular formula is C18H13ClFN5O3S. The lowest BCUT2D eigenvalue weighted by molar-refractivity contribution is 0.102. The lowest BCUT2D eigenvalue weighted by atomic mass is 10.1. The minimum atomic E-state index is -0.652. The third kappa shape index (κ3) is 3.71. The first-order valence-electron chi connectivity index (χ1n) is 8.25. The van der Waals surface area contributed by atoms with Gasteiger partial charge in [0.1, 0.15) is 10.6 Å². The number of nitrogens with one attached hydrogen (secondary N) is 2. The van der Waals surface area contributed by atoms with E-state index >= 15 is 0 Å². The van der Waals surface area contributed by atoms with Crippen molar-refractivity contribution in [1.29, 1.82) is 0 Å². The number of tetrazole rings is 1. The quantitative estimate of drug-likeness (QED) is 0.478. The number of carbonyl (C=O) groups excluding carboxylic acids is 1. The van der Waals surface area contributed by atoms with Crippen molar-refractivity contribution in [2.45, 2.75) is 6.92 Å². The van der Waals surface area contributed by atoms with Crippen LogP contribution in [-0.4, -0.2) is 33.6 Å². The van der Waals surface area contributed by atoms with E-state index in [1.54, 1.807) is 13.2 Å². The summed E-state index contributed by atoms with van der Waals surface area (Å²) < 4.78 is 26.3. The van der Waals surface area contributed by atoms with Crippen LogP contribution < -0.4 is 14.8 Å². The summed E-state index contributed by atoms with van der Waals surface area (Å²) in [6.45, 7) is 1.89. The van der Waals surface area contributed by atoms with Crippen LogP contribution in [-0.2, 0) is 0 Å². The number of benzene rings is 2. The maximum absolute atomic E-state index is 14.3. The minimum Gasteiger partial charge on any atom is -0.496 e. The summed E-state index contributed by atoms with van der Waals surface area (Å²) >= 11 is 7.00. The Labute approximate surface area is 172 Å². The molecule has 2 heterocycles. The van der Waals surface area contributed by atoms with Gasteiger partial charge in [0.25, 0.3) is 11.9 Å². The number of carbonyl (C=O) groups is 1. The zero-order valence-corrected chi connectivity index (χ0v) is 16.7. The zero-order valence-electron chi connectivity index (χ0n) is 15.1. The molecule has 0 radical (unpaired) electrons. The highest BCUT2D eigenvalue weighted by atomic mass is 35.5. The first-order chi connectivity index (χ1) is 14.0. The van der Waals surface area contributed by atoms with Gasteiger partial charge in [0.2, 0.25) is 0 Å². The van der Waals surface area contributed by atoms with Crippen LogP contribution in [0.15, 0.2) is 30.3 Å². The average molecular weight is 434 g/mol. The fourth-order valence-electron chi connectivity index (χ4n) is 2.71. The van der Waals surface area contributed by atoms with Gasteiger partial charge in [-0.05, 0) is 48.0 Å². The fraction of sp³-hybridized carbons (Fsp3) is 0.111. The SMILES string of the molecule is COc1cc2c(Oc3ccc(Cl)cc3F)c(C(=O)Nc3nn[nH]n3)sc2cc1C. The third-order valence-corrected chi connectivity index (χ3v) is 5.41. The second-order valence-electron chi connectivity index (χ2n) is 5.94. The summed E-state index contributed by atoms with van der Waals surface area (Å²) in [5, 5.41) is 16.4. The fourth-order valence-corrected chi connectivity index (χ4v) is 3.98. The molecule has 148 valence electrons. The lowest BCUT2D eigenvalue weighted by Crippen LogP contribution is -2.12. The third-order valence-electron chi connectivity index (χ3n) is 4.04. The Bertz CT molecular complexity index is 1210. The van der Waals surface area contributed by atoms with Crippen molar-refractivity contribution in [3.05, 3.63) is 51.6 Å². The Morgan fingerprint density at radius 1 is 1.28 bits per heavy atom. The zero-order chi connectivity index (χ0) is 20.5. The molecule has 0 unspecified atom stereocenters. The van der Waals surface area contributed by atoms with Crippen LogP contribution in [0.3, 0.4) is 0 Å². The highest BCUT2D eigenvalue weighted by molar-refractivity contribution is 7.21. The number of rotatable bonds is 5. The van der Waals surface area contributed by atoms with Gasteiger partial charge in [0.05, 0.1) is 7.11 Å². The van der Waals surface area contributed by atoms with Crippen LogP contribution in [0.1, 0.15) is 15.2 Å². The molecule has 29 heavy (non-hydrogen) atoms. The monoisotopic (exact) mass is 433 g/mol. The Morgan fingerprint density at radius 3 is 2.79 bits per heavy atom. The number of aryl methyl sites for hydroxylation is 1. The molecule has 2 aromatic heterocycles. The van der Waals surface area contributed by atoms with Gasteiger partial charge in [-0.25, -0.2) is 4.39 Å². The predicted molar refractivity (Wildman–Crippen MR) is 107 cm³/mol. The summed E-state index contributed by atoms with van der Waals surface area (Å²) in [7, 11) is 1.55. The molecule has 0 aliphatic carbocycles. The first-order valence-corrected chi connectivity index (χ1v) is 9.44. The number of ether oxygens (including phenoxy) is 2. The van der Waals surface area contributed by atoms with E-state index in [9.17, 15) is 9.18 Å². The number of methoxy groups -OCH3 is 1. The number of hydrogen-bond donors (Lipinski definition) is 2. The van der Waals surface area contributed by atoms with E-state index in [-0.39, 0.29) is 27.3 Å². The number of thiophene rings is 1. The largest absolute Gasteiger partial charge is 0.496 e. The molecule has 0 bridgehead atoms. The van der Waals surface area contributed by atoms with Crippen molar-refractivity contribution < 1.29 is 18.7 Å². The minimum absolute atomic E-state index is 0.00448. The number of aromatic amines is 1. The van der Waals surface area contributed by atoms with Crippen molar-refractivity contribution >= 4 is 44.9 Å². The molecule has 2 N–H and O–H groups in total. The van der Waals surface area contributed by atoms with Gasteiger partial charge >= 0.3 is 0 Å². The highest BCUT2D eigenvalue weighted by Gasteiger charge is 2.24. The van der Waals surface area contributed by atoms with Crippen LogP contribution in [0.5, 0.6) is 17.2 Å². The summed E-state index contributed by atoms with van der Waals surface area (Å²) in [4.78, 5) is 13.0. The lowest BCUT2D eigenvalue weighted by Gasteiger charge is -2.10. The molecule has 0 saturated carbocycles. The molecule has 1 amide bonds. The van der Waals surface area contributed by atoms with Crippen LogP contribution >= 0.6 is 22.9 Å². The van der Waals surface area contributed by atoms with E-state index in [4.69, 9.17) is 21.1 Å². The van der Waals surface area contributed by atoms with E-state index < -0.39 is 11.7 Å². The Hall–Kier alpha value is -3.24. The van der Waals surface area contributed by atoms with Gasteiger partial charge in [-0.3, -0.25) is 10.1 Å². The van der Waals surface area contributed by atoms with E-state index in [0.717, 1.165) is 16.3 Å². The van der Waals surface area contributed by atoms with Gasteiger partial charge < -0.3 is 9.47 Å². The van der Waals surface area contributed by atoms with E-state index in [1.165, 1.54) is 23.5 Å². The van der Waals surface area contributed by atoms with Crippen molar-refractivity contribution in [3.63, 3.8) is 0 Å². The number of amides is 1. The average Bonchev–Trinajstić information content (AvgIpc) is 3.31. The van der Waals surface area contributed by atoms with Crippen LogP contribution in [0.25, 0.3) is 10.1 Å². The molecule has 0 saturated heterocycles. The van der Waals surface area contributed by atoms with Crippen LogP contribution in [0.4, 0.5) is 10.3 Å². The molecule has 0 atom stereocenters. The highest BCUT2D eigenvalue weighted by Crippen LogP contribution is 2.43. The normalized spacial score (nSPS) is 10.9. The maximum atomic E-state index is 14.3. The number of nitrogens with zero attached hydrogens (tertiary/aromatic N) is 3. The van der Waals surface area contributed by atoms with Gasteiger partial charge in [0, 0.05) is 15.1 Å². The Balaban J connectivity index is 1.84. The molecule has 4 aromatic rings. The molecule has 11 heteroatoms. The standard InChI is InChI=1S/C18H13ClFN5O3S/c1-8-5-14-10(7-13(8)27-2)15(28-12-4-3-9(19)6-11(12)20)16(29-14)17(26)21-18-22-24-25-23-18/h3-7H,1-2H3,(H2,21,22,23,24,25,26). The Kier molecular flexibility index (Phi) is 5.03. The van der Waals surface area contributed by atoms with Gasteiger partial charge in [-0.1, -0.05) is 16.7 Å². The van der Waals surface area contributed by atoms with Crippen molar-refractivity contribution in [2.24, 2.45) is 0 Å². The molecule has 4 rings (SSSR count). The second-order valence-corrected chi connectivity index (χ2v) is 7.43. The summed E-state index contributed by atoms with van der Waals surface area (Å²) in [6.07, 6.45) is 0. The number of aromatic nitrogens is 4. The topological polar surface area (TPSA) is 102 Å². The maximum Gasteiger partial charge on any atom is 0.272 e. The molecule has 0 aliphatic rings. The number of halogens is 2. The number of hydrogen-bond acceptors (Lipinski definition) is 7. The smallest absolute Gasteiger partial charge is 0.272 e. The number of H-pyrrole nitrogens is 1. The predicted octanol–water partition coefficient (Wildman–Crippen LogP) is 4.57. The second kappa shape index (κ2) is 7.64. The van der Waals surface area contributed by atoms with E-state index in [0.29, 0.717) is 11.1 Å². The molecule has 0 spiro atoms. The number of fused-ring (bicyclic) bond motifs is 1. The summed E-state index contributed by atoms with van der Waals surface area (Å²) in [6, 6.07) is 7.64. The molecule has 2 aromatic carbocycles. The summed E-state index contributed by atoms with van der Waals surface area (Å²) in [5.74, 6) is -0.437. The van der Waals surface area contributed by atoms with Crippen molar-refractivity contribution in [2.75, 3.05) is 12.4 Å². The van der Waals surface area contributed by atoms with Crippen molar-refractivity contribution in [1.82, 2.24) is 20.6 Å². The van der Waals surface area contributed by atoms with E-state index in [2.05, 4.69) is 25.9 Å². The van der Waals surface area contributed by atoms with Crippen LogP contribution in [0, 0.1) is 12.7 Å². The molecular weight excluding hydrogens is 421 g/mol. The van der Waals surface area contributed by atoms with Crippen LogP contribution in [0.2, 0.25) is 5.02 Å². The van der Waals surface area contributed by atoms with Crippen molar-refractivity contribution in [3.8, 4) is 17.2 Å². The van der Waals surface area contributed by atoms with Gasteiger partial charge in [-0.15, -0.1) is 16.4 Å².